The largest absolute Gasteiger partial charge is 0.300 e. The summed E-state index contributed by atoms with van der Waals surface area (Å²) in [7, 11) is 0. The Bertz CT molecular complexity index is 499. The van der Waals surface area contributed by atoms with Crippen molar-refractivity contribution in [1.29, 1.82) is 0 Å². The molecule has 0 aliphatic carbocycles. The van der Waals surface area contributed by atoms with Crippen LogP contribution >= 0.6 is 22.9 Å². The minimum absolute atomic E-state index is 0.182. The van der Waals surface area contributed by atoms with E-state index in [1.807, 2.05) is 35.7 Å². The second-order valence-corrected chi connectivity index (χ2v) is 5.00. The fraction of sp³-hybridized carbons (Fsp3) is 0.154. The SMILES string of the molecule is CC(=O)Cc1ccc(-c2sccc2Cl)cc1. The molecule has 0 atom stereocenters. The molecule has 0 spiro atoms. The summed E-state index contributed by atoms with van der Waals surface area (Å²) in [6.45, 7) is 1.60. The maximum atomic E-state index is 11.0. The van der Waals surface area contributed by atoms with Gasteiger partial charge in [-0.25, -0.2) is 0 Å². The molecule has 0 aliphatic heterocycles. The molecule has 0 saturated heterocycles. The number of thiophene rings is 1. The van der Waals surface area contributed by atoms with E-state index in [9.17, 15) is 4.79 Å². The number of hydrogen-bond acceptors (Lipinski definition) is 2. The van der Waals surface area contributed by atoms with Crippen LogP contribution in [-0.2, 0) is 11.2 Å². The first-order valence-corrected chi connectivity index (χ1v) is 6.24. The van der Waals surface area contributed by atoms with Crippen LogP contribution in [0.3, 0.4) is 0 Å². The van der Waals surface area contributed by atoms with Crippen LogP contribution in [0, 0.1) is 0 Å². The van der Waals surface area contributed by atoms with Gasteiger partial charge in [-0.2, -0.15) is 0 Å². The lowest BCUT2D eigenvalue weighted by Crippen LogP contribution is -1.95. The number of carbonyl (C=O) groups excluding carboxylic acids is 1. The Morgan fingerprint density at radius 2 is 1.94 bits per heavy atom. The topological polar surface area (TPSA) is 17.1 Å². The first-order chi connectivity index (χ1) is 7.66. The van der Waals surface area contributed by atoms with Crippen molar-refractivity contribution < 1.29 is 4.79 Å². The van der Waals surface area contributed by atoms with Crippen molar-refractivity contribution in [1.82, 2.24) is 0 Å². The Hall–Kier alpha value is -1.12. The molecule has 2 aromatic rings. The Kier molecular flexibility index (Phi) is 3.42. The van der Waals surface area contributed by atoms with Gasteiger partial charge in [0.05, 0.1) is 9.90 Å². The summed E-state index contributed by atoms with van der Waals surface area (Å²) in [5.41, 5.74) is 2.15. The number of halogens is 1. The van der Waals surface area contributed by atoms with Crippen molar-refractivity contribution in [2.24, 2.45) is 0 Å². The molecule has 0 fully saturated rings. The molecule has 16 heavy (non-hydrogen) atoms. The lowest BCUT2D eigenvalue weighted by atomic mass is 10.1. The molecule has 1 aromatic carbocycles. The van der Waals surface area contributed by atoms with Gasteiger partial charge in [0.15, 0.2) is 0 Å². The highest BCUT2D eigenvalue weighted by atomic mass is 35.5. The van der Waals surface area contributed by atoms with Gasteiger partial charge in [0.25, 0.3) is 0 Å². The Balaban J connectivity index is 2.26. The smallest absolute Gasteiger partial charge is 0.134 e. The van der Waals surface area contributed by atoms with Crippen molar-refractivity contribution in [2.75, 3.05) is 0 Å². The summed E-state index contributed by atoms with van der Waals surface area (Å²) >= 11 is 7.68. The van der Waals surface area contributed by atoms with E-state index in [0.717, 1.165) is 21.0 Å². The van der Waals surface area contributed by atoms with Crippen molar-refractivity contribution in [3.8, 4) is 10.4 Å². The summed E-state index contributed by atoms with van der Waals surface area (Å²) in [5.74, 6) is 0.182. The molecule has 1 aromatic heterocycles. The predicted octanol–water partition coefficient (Wildman–Crippen LogP) is 4.20. The van der Waals surface area contributed by atoms with Gasteiger partial charge in [-0.1, -0.05) is 35.9 Å². The molecule has 0 aliphatic rings. The van der Waals surface area contributed by atoms with Gasteiger partial charge in [-0.05, 0) is 29.5 Å². The first-order valence-electron chi connectivity index (χ1n) is 4.98. The second-order valence-electron chi connectivity index (χ2n) is 3.67. The average Bonchev–Trinajstić information content (AvgIpc) is 2.65. The van der Waals surface area contributed by atoms with Crippen molar-refractivity contribution >= 4 is 28.7 Å². The summed E-state index contributed by atoms with van der Waals surface area (Å²) in [5, 5.41) is 2.76. The number of ketones is 1. The van der Waals surface area contributed by atoms with E-state index in [-0.39, 0.29) is 5.78 Å². The molecule has 1 nitrogen and oxygen atoms in total. The molecule has 1 heterocycles. The van der Waals surface area contributed by atoms with Crippen LogP contribution in [0.1, 0.15) is 12.5 Å². The van der Waals surface area contributed by atoms with Crippen molar-refractivity contribution in [3.05, 3.63) is 46.3 Å². The molecule has 0 unspecified atom stereocenters. The molecule has 2 rings (SSSR count). The lowest BCUT2D eigenvalue weighted by molar-refractivity contribution is -0.116. The van der Waals surface area contributed by atoms with E-state index in [4.69, 9.17) is 11.6 Å². The summed E-state index contributed by atoms with van der Waals surface area (Å²) in [6, 6.07) is 9.87. The quantitative estimate of drug-likeness (QED) is 0.798. The van der Waals surface area contributed by atoms with E-state index in [1.54, 1.807) is 18.3 Å². The van der Waals surface area contributed by atoms with Gasteiger partial charge >= 0.3 is 0 Å². The maximum Gasteiger partial charge on any atom is 0.134 e. The van der Waals surface area contributed by atoms with Gasteiger partial charge in [-0.3, -0.25) is 4.79 Å². The normalized spacial score (nSPS) is 10.4. The van der Waals surface area contributed by atoms with Gasteiger partial charge in [0, 0.05) is 6.42 Å². The highest BCUT2D eigenvalue weighted by Gasteiger charge is 2.05. The highest BCUT2D eigenvalue weighted by Crippen LogP contribution is 2.33. The monoisotopic (exact) mass is 250 g/mol. The summed E-state index contributed by atoms with van der Waals surface area (Å²) < 4.78 is 0. The second kappa shape index (κ2) is 4.81. The van der Waals surface area contributed by atoms with E-state index in [2.05, 4.69) is 0 Å². The van der Waals surface area contributed by atoms with Crippen LogP contribution in [0.2, 0.25) is 5.02 Å². The molecule has 0 radical (unpaired) electrons. The molecule has 0 bridgehead atoms. The maximum absolute atomic E-state index is 11.0. The van der Waals surface area contributed by atoms with Gasteiger partial charge < -0.3 is 0 Å². The van der Waals surface area contributed by atoms with Gasteiger partial charge in [0.1, 0.15) is 5.78 Å². The first kappa shape index (κ1) is 11.4. The number of carbonyl (C=O) groups is 1. The molecule has 0 amide bonds. The summed E-state index contributed by atoms with van der Waals surface area (Å²) in [4.78, 5) is 12.0. The number of benzene rings is 1. The van der Waals surface area contributed by atoms with Crippen LogP contribution in [0.25, 0.3) is 10.4 Å². The zero-order chi connectivity index (χ0) is 11.5. The molecular formula is C13H11ClOS. The van der Waals surface area contributed by atoms with Crippen LogP contribution < -0.4 is 0 Å². The zero-order valence-corrected chi connectivity index (χ0v) is 10.4. The fourth-order valence-electron chi connectivity index (χ4n) is 1.56. The third kappa shape index (κ3) is 2.52. The van der Waals surface area contributed by atoms with Gasteiger partial charge in [-0.15, -0.1) is 11.3 Å². The van der Waals surface area contributed by atoms with E-state index in [0.29, 0.717) is 6.42 Å². The minimum Gasteiger partial charge on any atom is -0.300 e. The van der Waals surface area contributed by atoms with Crippen LogP contribution in [0.15, 0.2) is 35.7 Å². The highest BCUT2D eigenvalue weighted by molar-refractivity contribution is 7.14. The van der Waals surface area contributed by atoms with Crippen LogP contribution in [-0.4, -0.2) is 5.78 Å². The van der Waals surface area contributed by atoms with E-state index >= 15 is 0 Å². The van der Waals surface area contributed by atoms with Crippen molar-refractivity contribution in [2.45, 2.75) is 13.3 Å². The fourth-order valence-corrected chi connectivity index (χ4v) is 2.73. The Labute approximate surface area is 104 Å². The molecule has 3 heteroatoms. The number of rotatable bonds is 3. The van der Waals surface area contributed by atoms with Crippen LogP contribution in [0.4, 0.5) is 0 Å². The summed E-state index contributed by atoms with van der Waals surface area (Å²) in [6.07, 6.45) is 0.498. The van der Waals surface area contributed by atoms with Crippen LogP contribution in [0.5, 0.6) is 0 Å². The third-order valence-corrected chi connectivity index (χ3v) is 3.68. The zero-order valence-electron chi connectivity index (χ0n) is 8.87. The third-order valence-electron chi connectivity index (χ3n) is 2.29. The van der Waals surface area contributed by atoms with Crippen molar-refractivity contribution in [3.63, 3.8) is 0 Å². The average molecular weight is 251 g/mol. The molecular weight excluding hydrogens is 240 g/mol. The van der Waals surface area contributed by atoms with Gasteiger partial charge in [0.2, 0.25) is 0 Å². The molecule has 0 N–H and O–H groups in total. The molecule has 0 saturated carbocycles. The number of Topliss-reactive ketones (excluding diaryl/α,β-unsaturated/α-hetero) is 1. The standard InChI is InChI=1S/C13H11ClOS/c1-9(15)8-10-2-4-11(5-3-10)13-12(14)6-7-16-13/h2-7H,8H2,1H3. The number of hydrogen-bond donors (Lipinski definition) is 0. The lowest BCUT2D eigenvalue weighted by Gasteiger charge is -2.01. The predicted molar refractivity (Wildman–Crippen MR) is 69.2 cm³/mol. The molecule has 82 valence electrons. The van der Waals surface area contributed by atoms with E-state index < -0.39 is 0 Å². The minimum atomic E-state index is 0.182. The Morgan fingerprint density at radius 3 is 2.44 bits per heavy atom. The Morgan fingerprint density at radius 1 is 1.25 bits per heavy atom. The van der Waals surface area contributed by atoms with E-state index in [1.165, 1.54) is 0 Å².